The van der Waals surface area contributed by atoms with Crippen LogP contribution in [0.1, 0.15) is 56.4 Å². The Balaban J connectivity index is 1.28. The number of carbonyl (C=O) groups excluding carboxylic acids is 1. The number of rotatable bonds is 6. The molecule has 2 N–H and O–H groups in total. The van der Waals surface area contributed by atoms with Gasteiger partial charge in [0.15, 0.2) is 0 Å². The molecular weight excluding hydrogens is 298 g/mol. The number of hydrogen-bond donors (Lipinski definition) is 2. The van der Waals surface area contributed by atoms with Gasteiger partial charge in [0, 0.05) is 19.1 Å². The molecule has 0 radical (unpaired) electrons. The van der Waals surface area contributed by atoms with Crippen LogP contribution in [0.5, 0.6) is 0 Å². The summed E-state index contributed by atoms with van der Waals surface area (Å²) in [6.45, 7) is 4.17. The van der Waals surface area contributed by atoms with Gasteiger partial charge in [-0.05, 0) is 50.3 Å². The third-order valence-corrected chi connectivity index (χ3v) is 5.42. The van der Waals surface area contributed by atoms with Gasteiger partial charge in [0.05, 0.1) is 0 Å². The molecule has 0 spiro atoms. The second-order valence-electron chi connectivity index (χ2n) is 7.29. The Labute approximate surface area is 146 Å². The molecule has 3 rings (SSSR count). The highest BCUT2D eigenvalue weighted by Gasteiger charge is 2.23. The fourth-order valence-corrected chi connectivity index (χ4v) is 4.02. The second-order valence-corrected chi connectivity index (χ2v) is 7.29. The predicted molar refractivity (Wildman–Crippen MR) is 98.3 cm³/mol. The Bertz CT molecular complexity index is 499. The number of nitrogens with zero attached hydrogens (tertiary/aromatic N) is 1. The molecule has 1 unspecified atom stereocenters. The number of hydrogen-bond acceptors (Lipinski definition) is 2. The standard InChI is InChI=1S/C20H31N3O/c24-20(22-19-10-5-2-6-11-19)21-13-7-14-23-15-12-18(16-23)17-8-3-1-4-9-17/h1,3-4,8-9,18-19H,2,5-7,10-16H2,(H2,21,22,24). The molecule has 2 amide bonds. The van der Waals surface area contributed by atoms with Crippen LogP contribution in [0.4, 0.5) is 4.79 Å². The topological polar surface area (TPSA) is 44.4 Å². The lowest BCUT2D eigenvalue weighted by molar-refractivity contribution is 0.231. The van der Waals surface area contributed by atoms with Gasteiger partial charge in [-0.25, -0.2) is 4.79 Å². The minimum atomic E-state index is 0.0190. The summed E-state index contributed by atoms with van der Waals surface area (Å²) in [6.07, 6.45) is 8.38. The molecule has 1 saturated heterocycles. The van der Waals surface area contributed by atoms with Gasteiger partial charge in [0.2, 0.25) is 0 Å². The summed E-state index contributed by atoms with van der Waals surface area (Å²) < 4.78 is 0. The molecule has 0 aromatic heterocycles. The van der Waals surface area contributed by atoms with E-state index in [1.807, 2.05) is 0 Å². The Morgan fingerprint density at radius 1 is 1.08 bits per heavy atom. The van der Waals surface area contributed by atoms with Crippen LogP contribution in [-0.2, 0) is 0 Å². The van der Waals surface area contributed by atoms with Crippen LogP contribution in [0.3, 0.4) is 0 Å². The summed E-state index contributed by atoms with van der Waals surface area (Å²) in [5, 5.41) is 6.13. The van der Waals surface area contributed by atoms with E-state index in [4.69, 9.17) is 0 Å². The largest absolute Gasteiger partial charge is 0.338 e. The number of nitrogens with one attached hydrogen (secondary N) is 2. The zero-order valence-corrected chi connectivity index (χ0v) is 14.7. The molecule has 1 aromatic rings. The molecule has 132 valence electrons. The smallest absolute Gasteiger partial charge is 0.315 e. The van der Waals surface area contributed by atoms with Crippen molar-refractivity contribution in [2.45, 2.75) is 56.9 Å². The Hall–Kier alpha value is -1.55. The van der Waals surface area contributed by atoms with Crippen LogP contribution < -0.4 is 10.6 Å². The normalized spacial score (nSPS) is 22.4. The minimum absolute atomic E-state index is 0.0190. The van der Waals surface area contributed by atoms with Gasteiger partial charge < -0.3 is 15.5 Å². The fourth-order valence-electron chi connectivity index (χ4n) is 4.02. The zero-order valence-electron chi connectivity index (χ0n) is 14.7. The molecule has 4 heteroatoms. The van der Waals surface area contributed by atoms with Crippen molar-refractivity contribution in [3.63, 3.8) is 0 Å². The predicted octanol–water partition coefficient (Wildman–Crippen LogP) is 3.50. The summed E-state index contributed by atoms with van der Waals surface area (Å²) in [4.78, 5) is 14.4. The van der Waals surface area contributed by atoms with Crippen LogP contribution in [-0.4, -0.2) is 43.2 Å². The van der Waals surface area contributed by atoms with Gasteiger partial charge in [-0.1, -0.05) is 49.6 Å². The third kappa shape index (κ3) is 5.23. The summed E-state index contributed by atoms with van der Waals surface area (Å²) >= 11 is 0. The molecule has 1 atom stereocenters. The first-order chi connectivity index (χ1) is 11.8. The van der Waals surface area contributed by atoms with Crippen molar-refractivity contribution in [1.29, 1.82) is 0 Å². The summed E-state index contributed by atoms with van der Waals surface area (Å²) in [5.74, 6) is 0.675. The number of urea groups is 1. The summed E-state index contributed by atoms with van der Waals surface area (Å²) in [7, 11) is 0. The van der Waals surface area contributed by atoms with Crippen LogP contribution in [0.25, 0.3) is 0 Å². The molecule has 1 aliphatic carbocycles. The van der Waals surface area contributed by atoms with Gasteiger partial charge in [-0.2, -0.15) is 0 Å². The van der Waals surface area contributed by atoms with Crippen LogP contribution >= 0.6 is 0 Å². The van der Waals surface area contributed by atoms with Crippen molar-refractivity contribution >= 4 is 6.03 Å². The molecule has 1 aliphatic heterocycles. The molecule has 4 nitrogen and oxygen atoms in total. The molecule has 1 heterocycles. The van der Waals surface area contributed by atoms with Crippen molar-refractivity contribution in [3.8, 4) is 0 Å². The van der Waals surface area contributed by atoms with E-state index >= 15 is 0 Å². The van der Waals surface area contributed by atoms with E-state index in [2.05, 4.69) is 45.9 Å². The number of likely N-dealkylation sites (tertiary alicyclic amines) is 1. The molecule has 2 aliphatic rings. The first kappa shape index (κ1) is 17.3. The lowest BCUT2D eigenvalue weighted by atomic mass is 9.96. The number of benzene rings is 1. The van der Waals surface area contributed by atoms with E-state index in [1.54, 1.807) is 0 Å². The SMILES string of the molecule is O=C(NCCCN1CCC(c2ccccc2)C1)NC1CCCCC1. The van der Waals surface area contributed by atoms with Crippen LogP contribution in [0, 0.1) is 0 Å². The lowest BCUT2D eigenvalue weighted by Gasteiger charge is -2.23. The number of amides is 2. The number of carbonyl (C=O) groups is 1. The molecule has 2 fully saturated rings. The van der Waals surface area contributed by atoms with E-state index < -0.39 is 0 Å². The van der Waals surface area contributed by atoms with E-state index in [9.17, 15) is 4.79 Å². The lowest BCUT2D eigenvalue weighted by Crippen LogP contribution is -2.43. The Kier molecular flexibility index (Phi) is 6.53. The highest BCUT2D eigenvalue weighted by Crippen LogP contribution is 2.26. The summed E-state index contributed by atoms with van der Waals surface area (Å²) in [5.41, 5.74) is 1.46. The van der Waals surface area contributed by atoms with E-state index in [1.165, 1.54) is 37.8 Å². The van der Waals surface area contributed by atoms with Crippen LogP contribution in [0.15, 0.2) is 30.3 Å². The van der Waals surface area contributed by atoms with Gasteiger partial charge >= 0.3 is 6.03 Å². The quantitative estimate of drug-likeness (QED) is 0.785. The zero-order chi connectivity index (χ0) is 16.6. The Morgan fingerprint density at radius 2 is 1.88 bits per heavy atom. The van der Waals surface area contributed by atoms with Crippen molar-refractivity contribution in [2.75, 3.05) is 26.2 Å². The Morgan fingerprint density at radius 3 is 2.67 bits per heavy atom. The average Bonchev–Trinajstić information content (AvgIpc) is 3.09. The summed E-state index contributed by atoms with van der Waals surface area (Å²) in [6, 6.07) is 11.2. The highest BCUT2D eigenvalue weighted by molar-refractivity contribution is 5.74. The monoisotopic (exact) mass is 329 g/mol. The average molecular weight is 329 g/mol. The minimum Gasteiger partial charge on any atom is -0.338 e. The van der Waals surface area contributed by atoms with Gasteiger partial charge in [0.25, 0.3) is 0 Å². The first-order valence-corrected chi connectivity index (χ1v) is 9.63. The molecule has 1 aromatic carbocycles. The van der Waals surface area contributed by atoms with Gasteiger partial charge in [-0.3, -0.25) is 0 Å². The van der Waals surface area contributed by atoms with E-state index in [0.717, 1.165) is 38.9 Å². The van der Waals surface area contributed by atoms with Crippen LogP contribution in [0.2, 0.25) is 0 Å². The molecule has 1 saturated carbocycles. The van der Waals surface area contributed by atoms with Crippen molar-refractivity contribution in [2.24, 2.45) is 0 Å². The molecule has 24 heavy (non-hydrogen) atoms. The maximum Gasteiger partial charge on any atom is 0.315 e. The maximum absolute atomic E-state index is 11.9. The molecule has 0 bridgehead atoms. The maximum atomic E-state index is 11.9. The van der Waals surface area contributed by atoms with Crippen molar-refractivity contribution < 1.29 is 4.79 Å². The second kappa shape index (κ2) is 9.07. The van der Waals surface area contributed by atoms with Crippen molar-refractivity contribution in [1.82, 2.24) is 15.5 Å². The fraction of sp³-hybridized carbons (Fsp3) is 0.650. The van der Waals surface area contributed by atoms with Gasteiger partial charge in [0.1, 0.15) is 0 Å². The van der Waals surface area contributed by atoms with Gasteiger partial charge in [-0.15, -0.1) is 0 Å². The third-order valence-electron chi connectivity index (χ3n) is 5.42. The first-order valence-electron chi connectivity index (χ1n) is 9.63. The van der Waals surface area contributed by atoms with E-state index in [-0.39, 0.29) is 6.03 Å². The molecular formula is C20H31N3O. The highest BCUT2D eigenvalue weighted by atomic mass is 16.2. The van der Waals surface area contributed by atoms with E-state index in [0.29, 0.717) is 12.0 Å². The van der Waals surface area contributed by atoms with Crippen molar-refractivity contribution in [3.05, 3.63) is 35.9 Å².